The van der Waals surface area contributed by atoms with E-state index in [1.54, 1.807) is 13.0 Å². The van der Waals surface area contributed by atoms with E-state index >= 15 is 0 Å². The number of amides is 1. The van der Waals surface area contributed by atoms with E-state index in [1.165, 1.54) is 12.1 Å². The van der Waals surface area contributed by atoms with Gasteiger partial charge in [-0.2, -0.15) is 13.2 Å². The third-order valence-electron chi connectivity index (χ3n) is 4.90. The van der Waals surface area contributed by atoms with E-state index in [0.717, 1.165) is 37.8 Å². The van der Waals surface area contributed by atoms with E-state index in [0.29, 0.717) is 23.6 Å². The number of carbonyl (C=O) groups excluding carboxylic acids is 1. The van der Waals surface area contributed by atoms with Crippen LogP contribution in [0, 0.1) is 6.92 Å². The van der Waals surface area contributed by atoms with Crippen LogP contribution in [0.1, 0.15) is 54.4 Å². The summed E-state index contributed by atoms with van der Waals surface area (Å²) in [6.07, 6.45) is -0.410. The highest BCUT2D eigenvalue weighted by atomic mass is 19.4. The number of rotatable bonds is 4. The van der Waals surface area contributed by atoms with Gasteiger partial charge in [0.1, 0.15) is 5.69 Å². The summed E-state index contributed by atoms with van der Waals surface area (Å²) in [6.45, 7) is 4.53. The van der Waals surface area contributed by atoms with Gasteiger partial charge in [-0.25, -0.2) is 9.97 Å². The van der Waals surface area contributed by atoms with Gasteiger partial charge in [0.05, 0.1) is 5.56 Å². The van der Waals surface area contributed by atoms with Gasteiger partial charge in [0.25, 0.3) is 5.91 Å². The number of aromatic nitrogens is 2. The van der Waals surface area contributed by atoms with Crippen molar-refractivity contribution < 1.29 is 18.0 Å². The fourth-order valence-corrected chi connectivity index (χ4v) is 3.45. The number of nitrogens with zero attached hydrogens (tertiary/aromatic N) is 3. The molecule has 1 fully saturated rings. The number of aryl methyl sites for hydroxylation is 1. The number of piperidine rings is 1. The Morgan fingerprint density at radius 3 is 2.57 bits per heavy atom. The maximum atomic E-state index is 13.0. The Kier molecular flexibility index (Phi) is 5.86. The lowest BCUT2D eigenvalue weighted by Crippen LogP contribution is -2.43. The summed E-state index contributed by atoms with van der Waals surface area (Å²) in [6, 6.07) is 6.46. The lowest BCUT2D eigenvalue weighted by Gasteiger charge is -2.35. The smallest absolute Gasteiger partial charge is 0.334 e. The lowest BCUT2D eigenvalue weighted by atomic mass is 9.99. The van der Waals surface area contributed by atoms with Crippen LogP contribution in [0.4, 0.5) is 24.8 Å². The molecule has 3 rings (SSSR count). The third kappa shape index (κ3) is 4.61. The van der Waals surface area contributed by atoms with Crippen molar-refractivity contribution in [1.29, 1.82) is 0 Å². The number of hydrogen-bond acceptors (Lipinski definition) is 4. The van der Waals surface area contributed by atoms with Gasteiger partial charge < -0.3 is 10.2 Å². The van der Waals surface area contributed by atoms with Crippen LogP contribution in [0.25, 0.3) is 0 Å². The molecule has 1 aliphatic rings. The third-order valence-corrected chi connectivity index (χ3v) is 4.90. The fraction of sp³-hybridized carbons (Fsp3) is 0.450. The molecule has 2 heterocycles. The molecule has 150 valence electrons. The van der Waals surface area contributed by atoms with Gasteiger partial charge in [0.2, 0.25) is 5.95 Å². The van der Waals surface area contributed by atoms with Crippen molar-refractivity contribution in [2.45, 2.75) is 51.7 Å². The molecular formula is C20H23F3N4O. The summed E-state index contributed by atoms with van der Waals surface area (Å²) in [5.41, 5.74) is 0.594. The molecule has 0 saturated carbocycles. The normalized spacial score (nSPS) is 17.5. The van der Waals surface area contributed by atoms with Crippen LogP contribution in [0.5, 0.6) is 0 Å². The zero-order valence-electron chi connectivity index (χ0n) is 15.9. The number of hydrogen-bond donors (Lipinski definition) is 1. The highest BCUT2D eigenvalue weighted by molar-refractivity contribution is 5.93. The van der Waals surface area contributed by atoms with E-state index in [4.69, 9.17) is 0 Å². The number of anilines is 2. The van der Waals surface area contributed by atoms with Crippen molar-refractivity contribution in [1.82, 2.24) is 14.9 Å². The molecule has 1 aromatic carbocycles. The Morgan fingerprint density at radius 1 is 1.21 bits per heavy atom. The Bertz CT molecular complexity index is 836. The van der Waals surface area contributed by atoms with Crippen LogP contribution in [-0.4, -0.2) is 33.4 Å². The lowest BCUT2D eigenvalue weighted by molar-refractivity contribution is -0.137. The van der Waals surface area contributed by atoms with Crippen LogP contribution in [-0.2, 0) is 6.18 Å². The van der Waals surface area contributed by atoms with Gasteiger partial charge in [0.15, 0.2) is 0 Å². The standard InChI is InChI=1S/C20H23F3N4O/c1-3-16-6-4-5-11-27(16)18(28)17-12-13(2)24-19(26-17)25-15-9-7-14(8-10-15)20(21,22)23/h7-10,12,16H,3-6,11H2,1-2H3,(H,24,25,26). The first-order valence-corrected chi connectivity index (χ1v) is 9.39. The van der Waals surface area contributed by atoms with Gasteiger partial charge in [-0.3, -0.25) is 4.79 Å². The average Bonchev–Trinajstić information content (AvgIpc) is 2.66. The highest BCUT2D eigenvalue weighted by Crippen LogP contribution is 2.30. The van der Waals surface area contributed by atoms with Crippen LogP contribution in [0.3, 0.4) is 0 Å². The maximum absolute atomic E-state index is 13.0. The van der Waals surface area contributed by atoms with Gasteiger partial charge in [-0.05, 0) is 62.9 Å². The highest BCUT2D eigenvalue weighted by Gasteiger charge is 2.30. The molecule has 0 radical (unpaired) electrons. The quantitative estimate of drug-likeness (QED) is 0.800. The first-order valence-electron chi connectivity index (χ1n) is 9.39. The van der Waals surface area contributed by atoms with E-state index in [1.807, 2.05) is 4.90 Å². The summed E-state index contributed by atoms with van der Waals surface area (Å²) in [5, 5.41) is 2.89. The Labute approximate surface area is 162 Å². The van der Waals surface area contributed by atoms with E-state index < -0.39 is 11.7 Å². The molecule has 2 aromatic rings. The van der Waals surface area contributed by atoms with Crippen molar-refractivity contribution in [3.05, 3.63) is 47.3 Å². The Balaban J connectivity index is 1.80. The summed E-state index contributed by atoms with van der Waals surface area (Å²) in [7, 11) is 0. The first-order chi connectivity index (χ1) is 13.3. The molecule has 1 N–H and O–H groups in total. The first kappa shape index (κ1) is 20.1. The van der Waals surface area contributed by atoms with Gasteiger partial charge in [-0.1, -0.05) is 6.92 Å². The van der Waals surface area contributed by atoms with Gasteiger partial charge in [0, 0.05) is 24.0 Å². The van der Waals surface area contributed by atoms with Gasteiger partial charge >= 0.3 is 6.18 Å². The summed E-state index contributed by atoms with van der Waals surface area (Å²) < 4.78 is 38.1. The summed E-state index contributed by atoms with van der Waals surface area (Å²) >= 11 is 0. The average molecular weight is 392 g/mol. The molecule has 1 aliphatic heterocycles. The van der Waals surface area contributed by atoms with E-state index in [2.05, 4.69) is 22.2 Å². The molecule has 1 unspecified atom stereocenters. The topological polar surface area (TPSA) is 58.1 Å². The zero-order chi connectivity index (χ0) is 20.3. The monoisotopic (exact) mass is 392 g/mol. The minimum Gasteiger partial charge on any atom is -0.334 e. The summed E-state index contributed by atoms with van der Waals surface area (Å²) in [4.78, 5) is 23.4. The predicted molar refractivity (Wildman–Crippen MR) is 100 cm³/mol. The van der Waals surface area contributed by atoms with E-state index in [9.17, 15) is 18.0 Å². The largest absolute Gasteiger partial charge is 0.416 e. The predicted octanol–water partition coefficient (Wildman–Crippen LogP) is 4.95. The fourth-order valence-electron chi connectivity index (χ4n) is 3.45. The molecule has 5 nitrogen and oxygen atoms in total. The zero-order valence-corrected chi connectivity index (χ0v) is 15.9. The number of nitrogens with one attached hydrogen (secondary N) is 1. The van der Waals surface area contributed by atoms with Crippen molar-refractivity contribution in [3.63, 3.8) is 0 Å². The van der Waals surface area contributed by atoms with Crippen LogP contribution >= 0.6 is 0 Å². The molecular weight excluding hydrogens is 369 g/mol. The van der Waals surface area contributed by atoms with Crippen LogP contribution < -0.4 is 5.32 Å². The Hall–Kier alpha value is -2.64. The molecule has 8 heteroatoms. The second-order valence-corrected chi connectivity index (χ2v) is 6.97. The van der Waals surface area contributed by atoms with Crippen molar-refractivity contribution in [3.8, 4) is 0 Å². The molecule has 1 saturated heterocycles. The number of halogens is 3. The number of carbonyl (C=O) groups is 1. The molecule has 0 spiro atoms. The number of alkyl halides is 3. The molecule has 1 atom stereocenters. The maximum Gasteiger partial charge on any atom is 0.416 e. The molecule has 1 aromatic heterocycles. The molecule has 28 heavy (non-hydrogen) atoms. The minimum atomic E-state index is -4.39. The second-order valence-electron chi connectivity index (χ2n) is 6.97. The minimum absolute atomic E-state index is 0.132. The molecule has 0 bridgehead atoms. The number of likely N-dealkylation sites (tertiary alicyclic amines) is 1. The Morgan fingerprint density at radius 2 is 1.93 bits per heavy atom. The van der Waals surface area contributed by atoms with Crippen LogP contribution in [0.15, 0.2) is 30.3 Å². The molecule has 1 amide bonds. The summed E-state index contributed by atoms with van der Waals surface area (Å²) in [5.74, 6) is 0.0562. The van der Waals surface area contributed by atoms with Crippen molar-refractivity contribution >= 4 is 17.5 Å². The van der Waals surface area contributed by atoms with Gasteiger partial charge in [-0.15, -0.1) is 0 Å². The second kappa shape index (κ2) is 8.16. The van der Waals surface area contributed by atoms with Crippen LogP contribution in [0.2, 0.25) is 0 Å². The van der Waals surface area contributed by atoms with Crippen molar-refractivity contribution in [2.75, 3.05) is 11.9 Å². The number of benzene rings is 1. The molecule has 0 aliphatic carbocycles. The van der Waals surface area contributed by atoms with E-state index in [-0.39, 0.29) is 17.9 Å². The van der Waals surface area contributed by atoms with Crippen molar-refractivity contribution in [2.24, 2.45) is 0 Å². The SMILES string of the molecule is CCC1CCCCN1C(=O)c1cc(C)nc(Nc2ccc(C(F)(F)F)cc2)n1.